The van der Waals surface area contributed by atoms with E-state index >= 15 is 0 Å². The summed E-state index contributed by atoms with van der Waals surface area (Å²) < 4.78 is 26.5. The number of nitrogens with one attached hydrogen (secondary N) is 1. The van der Waals surface area contributed by atoms with Crippen LogP contribution in [-0.4, -0.2) is 5.91 Å². The van der Waals surface area contributed by atoms with Crippen LogP contribution in [0.4, 0.5) is 8.78 Å². The molecule has 2 aromatic carbocycles. The van der Waals surface area contributed by atoms with Crippen molar-refractivity contribution in [2.45, 2.75) is 19.9 Å². The molecule has 0 aliphatic rings. The summed E-state index contributed by atoms with van der Waals surface area (Å²) >= 11 is 0. The van der Waals surface area contributed by atoms with E-state index in [1.54, 1.807) is 37.3 Å². The zero-order valence-corrected chi connectivity index (χ0v) is 11.1. The first-order valence-electron chi connectivity index (χ1n) is 6.31. The van der Waals surface area contributed by atoms with Gasteiger partial charge < -0.3 is 5.32 Å². The topological polar surface area (TPSA) is 29.1 Å². The molecule has 0 aliphatic carbocycles. The van der Waals surface area contributed by atoms with E-state index in [0.717, 1.165) is 5.56 Å². The Hall–Kier alpha value is -2.23. The predicted molar refractivity (Wildman–Crippen MR) is 73.1 cm³/mol. The average Bonchev–Trinajstić information content (AvgIpc) is 2.43. The van der Waals surface area contributed by atoms with Crippen LogP contribution in [0.1, 0.15) is 16.7 Å². The first kappa shape index (κ1) is 14.2. The van der Waals surface area contributed by atoms with Gasteiger partial charge in [0, 0.05) is 6.54 Å². The third-order valence-electron chi connectivity index (χ3n) is 3.02. The number of hydrogen-bond acceptors (Lipinski definition) is 1. The minimum atomic E-state index is -0.389. The Morgan fingerprint density at radius 2 is 1.85 bits per heavy atom. The molecule has 0 heterocycles. The summed E-state index contributed by atoms with van der Waals surface area (Å²) in [7, 11) is 0. The molecule has 104 valence electrons. The Labute approximate surface area is 116 Å². The van der Waals surface area contributed by atoms with E-state index in [2.05, 4.69) is 5.32 Å². The number of carbonyl (C=O) groups excluding carboxylic acids is 1. The van der Waals surface area contributed by atoms with Crippen molar-refractivity contribution in [3.63, 3.8) is 0 Å². The molecule has 0 aromatic heterocycles. The van der Waals surface area contributed by atoms with Crippen LogP contribution in [0.2, 0.25) is 0 Å². The maximum Gasteiger partial charge on any atom is 0.224 e. The van der Waals surface area contributed by atoms with Gasteiger partial charge in [0.05, 0.1) is 6.42 Å². The lowest BCUT2D eigenvalue weighted by Crippen LogP contribution is -2.25. The summed E-state index contributed by atoms with van der Waals surface area (Å²) in [5.41, 5.74) is 1.71. The highest BCUT2D eigenvalue weighted by atomic mass is 19.1. The summed E-state index contributed by atoms with van der Waals surface area (Å²) in [6.45, 7) is 1.97. The van der Waals surface area contributed by atoms with Crippen LogP contribution in [-0.2, 0) is 17.8 Å². The van der Waals surface area contributed by atoms with Gasteiger partial charge in [-0.05, 0) is 35.7 Å². The van der Waals surface area contributed by atoms with Crippen molar-refractivity contribution in [2.24, 2.45) is 0 Å². The molecule has 0 atom stereocenters. The van der Waals surface area contributed by atoms with Gasteiger partial charge in [0.15, 0.2) is 0 Å². The number of halogens is 2. The van der Waals surface area contributed by atoms with Crippen LogP contribution in [0.15, 0.2) is 42.5 Å². The monoisotopic (exact) mass is 275 g/mol. The Morgan fingerprint density at radius 1 is 1.10 bits per heavy atom. The van der Waals surface area contributed by atoms with Gasteiger partial charge in [-0.15, -0.1) is 0 Å². The molecule has 2 aromatic rings. The van der Waals surface area contributed by atoms with Gasteiger partial charge in [-0.25, -0.2) is 8.78 Å². The largest absolute Gasteiger partial charge is 0.352 e. The second-order valence-electron chi connectivity index (χ2n) is 4.63. The van der Waals surface area contributed by atoms with Crippen LogP contribution in [0.5, 0.6) is 0 Å². The Bertz CT molecular complexity index is 626. The smallest absolute Gasteiger partial charge is 0.224 e. The lowest BCUT2D eigenvalue weighted by molar-refractivity contribution is -0.120. The van der Waals surface area contributed by atoms with E-state index in [4.69, 9.17) is 0 Å². The third-order valence-corrected chi connectivity index (χ3v) is 3.02. The molecule has 2 nitrogen and oxygen atoms in total. The fourth-order valence-electron chi connectivity index (χ4n) is 1.89. The number of carbonyl (C=O) groups is 1. The van der Waals surface area contributed by atoms with Crippen molar-refractivity contribution in [3.8, 4) is 0 Å². The molecule has 0 spiro atoms. The molecule has 0 fully saturated rings. The van der Waals surface area contributed by atoms with Gasteiger partial charge in [0.2, 0.25) is 5.91 Å². The molecule has 1 amide bonds. The highest BCUT2D eigenvalue weighted by Gasteiger charge is 2.07. The quantitative estimate of drug-likeness (QED) is 0.912. The molecule has 0 aliphatic heterocycles. The summed E-state index contributed by atoms with van der Waals surface area (Å²) in [5.74, 6) is -0.927. The zero-order valence-electron chi connectivity index (χ0n) is 11.1. The zero-order chi connectivity index (χ0) is 14.5. The number of hydrogen-bond donors (Lipinski definition) is 1. The van der Waals surface area contributed by atoms with E-state index in [0.29, 0.717) is 17.7 Å². The van der Waals surface area contributed by atoms with E-state index < -0.39 is 0 Å². The number of rotatable bonds is 4. The van der Waals surface area contributed by atoms with E-state index in [-0.39, 0.29) is 24.0 Å². The Kier molecular flexibility index (Phi) is 4.45. The molecular weight excluding hydrogens is 260 g/mol. The van der Waals surface area contributed by atoms with Crippen molar-refractivity contribution in [1.82, 2.24) is 5.32 Å². The van der Waals surface area contributed by atoms with E-state index in [9.17, 15) is 13.6 Å². The molecule has 0 saturated carbocycles. The highest BCUT2D eigenvalue weighted by Crippen LogP contribution is 2.10. The predicted octanol–water partition coefficient (Wildman–Crippen LogP) is 3.13. The molecular formula is C16H15F2NO. The number of amides is 1. The average molecular weight is 275 g/mol. The first-order valence-corrected chi connectivity index (χ1v) is 6.31. The molecule has 20 heavy (non-hydrogen) atoms. The first-order chi connectivity index (χ1) is 9.56. The Balaban J connectivity index is 1.92. The van der Waals surface area contributed by atoms with Gasteiger partial charge in [-0.3, -0.25) is 4.79 Å². The summed E-state index contributed by atoms with van der Waals surface area (Å²) in [6, 6.07) is 10.8. The lowest BCUT2D eigenvalue weighted by atomic mass is 10.1. The Morgan fingerprint density at radius 3 is 2.55 bits per heavy atom. The molecule has 0 unspecified atom stereocenters. The maximum atomic E-state index is 13.4. The second-order valence-corrected chi connectivity index (χ2v) is 4.63. The van der Waals surface area contributed by atoms with Crippen molar-refractivity contribution in [1.29, 1.82) is 0 Å². The van der Waals surface area contributed by atoms with Crippen LogP contribution in [0.25, 0.3) is 0 Å². The van der Waals surface area contributed by atoms with Gasteiger partial charge in [0.1, 0.15) is 11.6 Å². The SMILES string of the molecule is Cc1cc(CNC(=O)Cc2ccccc2F)ccc1F. The summed E-state index contributed by atoms with van der Waals surface area (Å²) in [6.07, 6.45) is -0.00709. The van der Waals surface area contributed by atoms with Crippen LogP contribution < -0.4 is 5.32 Å². The minimum absolute atomic E-state index is 0.00709. The number of aryl methyl sites for hydroxylation is 1. The normalized spacial score (nSPS) is 10.3. The number of benzene rings is 2. The molecule has 0 bridgehead atoms. The van der Waals surface area contributed by atoms with Crippen molar-refractivity contribution in [3.05, 3.63) is 70.8 Å². The molecule has 1 N–H and O–H groups in total. The van der Waals surface area contributed by atoms with E-state index in [1.807, 2.05) is 0 Å². The van der Waals surface area contributed by atoms with Crippen molar-refractivity contribution >= 4 is 5.91 Å². The molecule has 2 rings (SSSR count). The van der Waals surface area contributed by atoms with Gasteiger partial charge in [0.25, 0.3) is 0 Å². The molecule has 4 heteroatoms. The second kappa shape index (κ2) is 6.28. The van der Waals surface area contributed by atoms with Gasteiger partial charge in [-0.1, -0.05) is 30.3 Å². The van der Waals surface area contributed by atoms with Crippen LogP contribution in [0.3, 0.4) is 0 Å². The lowest BCUT2D eigenvalue weighted by Gasteiger charge is -2.07. The summed E-state index contributed by atoms with van der Waals surface area (Å²) in [5, 5.41) is 2.69. The van der Waals surface area contributed by atoms with Gasteiger partial charge in [-0.2, -0.15) is 0 Å². The fourth-order valence-corrected chi connectivity index (χ4v) is 1.89. The minimum Gasteiger partial charge on any atom is -0.352 e. The third kappa shape index (κ3) is 3.63. The highest BCUT2D eigenvalue weighted by molar-refractivity contribution is 5.78. The molecule has 0 saturated heterocycles. The maximum absolute atomic E-state index is 13.4. The fraction of sp³-hybridized carbons (Fsp3) is 0.188. The van der Waals surface area contributed by atoms with E-state index in [1.165, 1.54) is 12.1 Å². The van der Waals surface area contributed by atoms with Crippen molar-refractivity contribution in [2.75, 3.05) is 0 Å². The standard InChI is InChI=1S/C16H15F2NO/c1-11-8-12(6-7-14(11)17)10-19-16(20)9-13-4-2-3-5-15(13)18/h2-8H,9-10H2,1H3,(H,19,20). The van der Waals surface area contributed by atoms with Crippen molar-refractivity contribution < 1.29 is 13.6 Å². The molecule has 0 radical (unpaired) electrons. The van der Waals surface area contributed by atoms with Crippen LogP contribution >= 0.6 is 0 Å². The van der Waals surface area contributed by atoms with Gasteiger partial charge >= 0.3 is 0 Å². The van der Waals surface area contributed by atoms with Crippen LogP contribution in [0, 0.1) is 18.6 Å². The summed E-state index contributed by atoms with van der Waals surface area (Å²) in [4.78, 5) is 11.7.